The fourth-order valence-electron chi connectivity index (χ4n) is 4.51. The molecule has 26 heavy (non-hydrogen) atoms. The number of rotatable bonds is 6. The van der Waals surface area contributed by atoms with Crippen LogP contribution >= 0.6 is 12.4 Å². The quantitative estimate of drug-likeness (QED) is 0.790. The monoisotopic (exact) mass is 382 g/mol. The van der Waals surface area contributed by atoms with Crippen LogP contribution in [0.5, 0.6) is 5.75 Å². The summed E-state index contributed by atoms with van der Waals surface area (Å²) < 4.78 is 19.8. The van der Waals surface area contributed by atoms with E-state index in [9.17, 15) is 9.18 Å². The van der Waals surface area contributed by atoms with E-state index in [4.69, 9.17) is 10.5 Å². The van der Waals surface area contributed by atoms with Gasteiger partial charge in [-0.2, -0.15) is 0 Å². The average molecular weight is 383 g/mol. The van der Waals surface area contributed by atoms with Crippen molar-refractivity contribution in [3.05, 3.63) is 29.6 Å². The summed E-state index contributed by atoms with van der Waals surface area (Å²) in [4.78, 5) is 12.7. The van der Waals surface area contributed by atoms with Gasteiger partial charge in [0.25, 0.3) is 0 Å². The van der Waals surface area contributed by atoms with E-state index in [2.05, 4.69) is 5.32 Å². The van der Waals surface area contributed by atoms with Crippen molar-refractivity contribution in [1.29, 1.82) is 0 Å². The van der Waals surface area contributed by atoms with Crippen molar-refractivity contribution in [2.24, 2.45) is 29.4 Å². The largest absolute Gasteiger partial charge is 0.490 e. The maximum atomic E-state index is 14.2. The van der Waals surface area contributed by atoms with Crippen molar-refractivity contribution < 1.29 is 13.9 Å². The van der Waals surface area contributed by atoms with E-state index >= 15 is 0 Å². The van der Waals surface area contributed by atoms with Gasteiger partial charge in [-0.15, -0.1) is 12.4 Å². The molecule has 1 aromatic rings. The third-order valence-corrected chi connectivity index (χ3v) is 6.27. The van der Waals surface area contributed by atoms with Gasteiger partial charge in [-0.1, -0.05) is 6.07 Å². The highest BCUT2D eigenvalue weighted by Crippen LogP contribution is 2.47. The third-order valence-electron chi connectivity index (χ3n) is 6.27. The van der Waals surface area contributed by atoms with Crippen LogP contribution in [0.4, 0.5) is 4.39 Å². The number of fused-ring (bicyclic) bond motifs is 2. The van der Waals surface area contributed by atoms with Crippen LogP contribution < -0.4 is 15.8 Å². The Morgan fingerprint density at radius 3 is 2.65 bits per heavy atom. The van der Waals surface area contributed by atoms with Gasteiger partial charge in [0.2, 0.25) is 5.91 Å². The second kappa shape index (κ2) is 7.73. The number of carbonyl (C=O) groups is 1. The lowest BCUT2D eigenvalue weighted by molar-refractivity contribution is -0.127. The first-order valence-electron chi connectivity index (χ1n) is 9.51. The van der Waals surface area contributed by atoms with Gasteiger partial charge in [0.15, 0.2) is 11.6 Å². The van der Waals surface area contributed by atoms with Crippen molar-refractivity contribution >= 4 is 18.3 Å². The van der Waals surface area contributed by atoms with Crippen LogP contribution in [0.2, 0.25) is 0 Å². The number of carbonyl (C=O) groups excluding carboxylic acids is 1. The maximum absolute atomic E-state index is 14.2. The van der Waals surface area contributed by atoms with Crippen molar-refractivity contribution in [2.45, 2.75) is 51.1 Å². The lowest BCUT2D eigenvalue weighted by Crippen LogP contribution is -2.45. The van der Waals surface area contributed by atoms with Crippen molar-refractivity contribution in [1.82, 2.24) is 5.32 Å². The van der Waals surface area contributed by atoms with Crippen LogP contribution in [0.1, 0.15) is 50.6 Å². The second-order valence-electron chi connectivity index (χ2n) is 8.11. The van der Waals surface area contributed by atoms with Crippen molar-refractivity contribution in [3.8, 4) is 5.75 Å². The molecule has 1 amide bonds. The zero-order chi connectivity index (χ0) is 17.6. The topological polar surface area (TPSA) is 64.4 Å². The Balaban J connectivity index is 0.00000196. The smallest absolute Gasteiger partial charge is 0.225 e. The van der Waals surface area contributed by atoms with E-state index in [0.29, 0.717) is 30.1 Å². The lowest BCUT2D eigenvalue weighted by atomic mass is 9.84. The van der Waals surface area contributed by atoms with Gasteiger partial charge in [-0.3, -0.25) is 4.79 Å². The van der Waals surface area contributed by atoms with E-state index < -0.39 is 0 Å². The Labute approximate surface area is 160 Å². The molecule has 6 heteroatoms. The van der Waals surface area contributed by atoms with Gasteiger partial charge in [0.05, 0.1) is 18.6 Å². The minimum atomic E-state index is -0.365. The van der Waals surface area contributed by atoms with Crippen LogP contribution in [-0.4, -0.2) is 18.6 Å². The van der Waals surface area contributed by atoms with Crippen LogP contribution in [0.25, 0.3) is 0 Å². The molecular formula is C20H28ClFN2O2. The predicted octanol–water partition coefficient (Wildman–Crippen LogP) is 3.59. The van der Waals surface area contributed by atoms with Crippen LogP contribution in [0.15, 0.2) is 18.2 Å². The molecule has 3 N–H and O–H groups in total. The number of hydrogen-bond donors (Lipinski definition) is 2. The molecule has 3 aliphatic rings. The molecule has 3 saturated carbocycles. The summed E-state index contributed by atoms with van der Waals surface area (Å²) in [6.07, 6.45) is 5.68. The van der Waals surface area contributed by atoms with Crippen LogP contribution in [0, 0.1) is 29.5 Å². The highest BCUT2D eigenvalue weighted by atomic mass is 35.5. The number of nitrogens with one attached hydrogen (secondary N) is 1. The van der Waals surface area contributed by atoms with E-state index in [1.54, 1.807) is 6.07 Å². The Kier molecular flexibility index (Phi) is 5.78. The molecule has 0 radical (unpaired) electrons. The SMILES string of the molecule is CC(NC(=O)C1C2CCC(C2)C1N)c1ccc(OCC2CC2)c(F)c1.Cl. The highest BCUT2D eigenvalue weighted by Gasteiger charge is 2.49. The minimum Gasteiger partial charge on any atom is -0.490 e. The van der Waals surface area contributed by atoms with Crippen molar-refractivity contribution in [3.63, 3.8) is 0 Å². The molecule has 3 fully saturated rings. The number of nitrogens with two attached hydrogens (primary N) is 1. The van der Waals surface area contributed by atoms with Crippen molar-refractivity contribution in [2.75, 3.05) is 6.61 Å². The number of ether oxygens (including phenoxy) is 1. The average Bonchev–Trinajstić information content (AvgIpc) is 3.20. The normalized spacial score (nSPS) is 30.6. The fraction of sp³-hybridized carbons (Fsp3) is 0.650. The first-order chi connectivity index (χ1) is 12.0. The van der Waals surface area contributed by atoms with E-state index in [0.717, 1.165) is 24.8 Å². The van der Waals surface area contributed by atoms with E-state index in [1.807, 2.05) is 13.0 Å². The molecule has 0 spiro atoms. The van der Waals surface area contributed by atoms with Crippen LogP contribution in [0.3, 0.4) is 0 Å². The molecule has 144 valence electrons. The standard InChI is InChI=1S/C20H27FN2O2.ClH/c1-11(23-20(24)18-14-4-5-15(8-14)19(18)22)13-6-7-17(16(21)9-13)25-10-12-2-3-12;/h6-7,9,11-12,14-15,18-19H,2-5,8,10,22H2,1H3,(H,23,24);1H. The molecule has 5 atom stereocenters. The summed E-state index contributed by atoms with van der Waals surface area (Å²) in [5.74, 6) is 1.36. The van der Waals surface area contributed by atoms with Crippen LogP contribution in [-0.2, 0) is 4.79 Å². The number of halogens is 2. The third kappa shape index (κ3) is 3.84. The molecule has 4 nitrogen and oxygen atoms in total. The summed E-state index contributed by atoms with van der Waals surface area (Å²) in [5.41, 5.74) is 7.00. The van der Waals surface area contributed by atoms with Gasteiger partial charge in [-0.25, -0.2) is 4.39 Å². The van der Waals surface area contributed by atoms with Gasteiger partial charge < -0.3 is 15.8 Å². The molecule has 0 aromatic heterocycles. The molecule has 0 saturated heterocycles. The summed E-state index contributed by atoms with van der Waals surface area (Å²) in [7, 11) is 0. The van der Waals surface area contributed by atoms with Gasteiger partial charge in [0, 0.05) is 6.04 Å². The summed E-state index contributed by atoms with van der Waals surface area (Å²) in [6, 6.07) is 4.69. The van der Waals surface area contributed by atoms with Gasteiger partial charge >= 0.3 is 0 Å². The molecule has 0 heterocycles. The second-order valence-corrected chi connectivity index (χ2v) is 8.11. The zero-order valence-electron chi connectivity index (χ0n) is 15.1. The molecule has 0 aliphatic heterocycles. The Morgan fingerprint density at radius 2 is 2.04 bits per heavy atom. The molecule has 4 rings (SSSR count). The number of hydrogen-bond acceptors (Lipinski definition) is 3. The lowest BCUT2D eigenvalue weighted by Gasteiger charge is -2.28. The Bertz CT molecular complexity index is 665. The molecule has 2 bridgehead atoms. The zero-order valence-corrected chi connectivity index (χ0v) is 15.9. The first-order valence-corrected chi connectivity index (χ1v) is 9.51. The minimum absolute atomic E-state index is 0. The molecule has 5 unspecified atom stereocenters. The molecular weight excluding hydrogens is 355 g/mol. The summed E-state index contributed by atoms with van der Waals surface area (Å²) in [5, 5.41) is 3.03. The Morgan fingerprint density at radius 1 is 1.31 bits per heavy atom. The Hall–Kier alpha value is -1.33. The molecule has 3 aliphatic carbocycles. The predicted molar refractivity (Wildman–Crippen MR) is 101 cm³/mol. The van der Waals surface area contributed by atoms with E-state index in [1.165, 1.54) is 18.9 Å². The summed E-state index contributed by atoms with van der Waals surface area (Å²) >= 11 is 0. The first kappa shape index (κ1) is 19.4. The number of benzene rings is 1. The highest BCUT2D eigenvalue weighted by molar-refractivity contribution is 5.85. The number of amides is 1. The molecule has 1 aromatic carbocycles. The summed E-state index contributed by atoms with van der Waals surface area (Å²) in [6.45, 7) is 2.47. The van der Waals surface area contributed by atoms with Gasteiger partial charge in [0.1, 0.15) is 0 Å². The fourth-order valence-corrected chi connectivity index (χ4v) is 4.51. The maximum Gasteiger partial charge on any atom is 0.225 e. The van der Waals surface area contributed by atoms with E-state index in [-0.39, 0.29) is 42.1 Å². The van der Waals surface area contributed by atoms with Gasteiger partial charge in [-0.05, 0) is 74.5 Å².